The summed E-state index contributed by atoms with van der Waals surface area (Å²) in [5.41, 5.74) is 4.50. The molecule has 1 fully saturated rings. The van der Waals surface area contributed by atoms with Crippen LogP contribution >= 0.6 is 0 Å². The first kappa shape index (κ1) is 36.0. The van der Waals surface area contributed by atoms with Gasteiger partial charge in [0.1, 0.15) is 0 Å². The van der Waals surface area contributed by atoms with Crippen molar-refractivity contribution >= 4 is 0 Å². The van der Waals surface area contributed by atoms with Crippen molar-refractivity contribution < 1.29 is 0 Å². The molecule has 0 atom stereocenters. The van der Waals surface area contributed by atoms with Gasteiger partial charge < -0.3 is 10.6 Å². The molecule has 1 saturated heterocycles. The predicted octanol–water partition coefficient (Wildman–Crippen LogP) is 2.47. The van der Waals surface area contributed by atoms with Crippen LogP contribution in [0.15, 0.2) is 0 Å². The topological polar surface area (TPSA) is 35.7 Å². The van der Waals surface area contributed by atoms with E-state index in [0.29, 0.717) is 0 Å². The van der Waals surface area contributed by atoms with Gasteiger partial charge >= 0.3 is 0 Å². The van der Waals surface area contributed by atoms with Gasteiger partial charge in [-0.2, -0.15) is 0 Å². The largest absolute Gasteiger partial charge is 0.333 e. The van der Waals surface area contributed by atoms with Crippen LogP contribution in [-0.2, 0) is 0 Å². The summed E-state index contributed by atoms with van der Waals surface area (Å²) >= 11 is 0. The summed E-state index contributed by atoms with van der Waals surface area (Å²) in [6.07, 6.45) is 0. The summed E-state index contributed by atoms with van der Waals surface area (Å²) < 4.78 is 0. The molecular weight excluding hydrogens is 212 g/mol. The van der Waals surface area contributed by atoms with Gasteiger partial charge in [0.15, 0.2) is 0 Å². The van der Waals surface area contributed by atoms with E-state index >= 15 is 0 Å². The van der Waals surface area contributed by atoms with Gasteiger partial charge in [0, 0.05) is 0 Å². The van der Waals surface area contributed by atoms with Crippen molar-refractivity contribution in [3.8, 4) is 0 Å². The molecule has 0 aliphatic carbocycles. The highest BCUT2D eigenvalue weighted by Gasteiger charge is 2.12. The fourth-order valence-electron chi connectivity index (χ4n) is 0.783. The van der Waals surface area contributed by atoms with Crippen LogP contribution in [0.4, 0.5) is 0 Å². The van der Waals surface area contributed by atoms with Gasteiger partial charge in [-0.05, 0) is 42.3 Å². The first-order valence-electron chi connectivity index (χ1n) is 5.08. The summed E-state index contributed by atoms with van der Waals surface area (Å²) in [6.45, 7) is 6.28. The van der Waals surface area contributed by atoms with Crippen molar-refractivity contribution in [3.63, 3.8) is 0 Å². The maximum atomic E-state index is 4.50. The van der Waals surface area contributed by atoms with Crippen molar-refractivity contribution in [2.75, 3.05) is 55.6 Å². The van der Waals surface area contributed by atoms with Gasteiger partial charge in [0.2, 0.25) is 0 Å². The predicted molar refractivity (Wildman–Crippen MR) is 86.5 cm³/mol. The average Bonchev–Trinajstić information content (AvgIpc) is 2.09. The molecule has 4 heteroatoms. The summed E-state index contributed by atoms with van der Waals surface area (Å²) in [7, 11) is 11.7. The summed E-state index contributed by atoms with van der Waals surface area (Å²) in [4.78, 5) is 6.50. The molecule has 1 rings (SSSR count). The zero-order valence-corrected chi connectivity index (χ0v) is 11.3. The molecule has 0 aromatic carbocycles. The van der Waals surface area contributed by atoms with Crippen molar-refractivity contribution in [1.29, 1.82) is 0 Å². The third-order valence-corrected chi connectivity index (χ3v) is 0.966. The Labute approximate surface area is 113 Å². The summed E-state index contributed by atoms with van der Waals surface area (Å²) in [5.74, 6) is 0. The Morgan fingerprint density at radius 3 is 0.882 bits per heavy atom. The van der Waals surface area contributed by atoms with Crippen molar-refractivity contribution in [2.24, 2.45) is 5.73 Å². The van der Waals surface area contributed by atoms with Crippen LogP contribution in [0.25, 0.3) is 0 Å². The molecular formula is C13H42N4. The fourth-order valence-corrected chi connectivity index (χ4v) is 0.783. The third-order valence-electron chi connectivity index (χ3n) is 0.966. The average molecular weight is 255 g/mol. The Morgan fingerprint density at radius 1 is 0.765 bits per heavy atom. The lowest BCUT2D eigenvalue weighted by Crippen LogP contribution is -2.50. The van der Waals surface area contributed by atoms with E-state index in [1.54, 1.807) is 0 Å². The summed E-state index contributed by atoms with van der Waals surface area (Å²) in [6, 6.07) is 0. The van der Waals surface area contributed by atoms with E-state index in [-0.39, 0.29) is 22.3 Å². The Morgan fingerprint density at radius 2 is 0.882 bits per heavy atom. The first-order chi connectivity index (χ1) is 6.52. The molecule has 1 aliphatic rings. The molecule has 2 N–H and O–H groups in total. The lowest BCUT2D eigenvalue weighted by atomic mass is 10.6. The minimum Gasteiger partial charge on any atom is -0.333 e. The first-order valence-corrected chi connectivity index (χ1v) is 5.08. The second-order valence-electron chi connectivity index (χ2n) is 3.34. The number of rotatable bonds is 0. The minimum absolute atomic E-state index is 0. The molecule has 0 radical (unpaired) electrons. The SMILES string of the molecule is C.C.C.CC.CN.CN(C)C.CN1CN(C)C1. The van der Waals surface area contributed by atoms with Crippen LogP contribution in [0.1, 0.15) is 36.1 Å². The Kier molecular flexibility index (Phi) is 62.8. The quantitative estimate of drug-likeness (QED) is 0.720. The van der Waals surface area contributed by atoms with Crippen LogP contribution in [0, 0.1) is 0 Å². The molecule has 0 spiro atoms. The van der Waals surface area contributed by atoms with Gasteiger partial charge in [0.25, 0.3) is 0 Å². The fraction of sp³-hybridized carbons (Fsp3) is 1.00. The molecule has 0 saturated carbocycles. The Hall–Kier alpha value is -0.160. The monoisotopic (exact) mass is 254 g/mol. The van der Waals surface area contributed by atoms with E-state index in [2.05, 4.69) is 29.6 Å². The van der Waals surface area contributed by atoms with Gasteiger partial charge in [-0.15, -0.1) is 0 Å². The van der Waals surface area contributed by atoms with E-state index in [4.69, 9.17) is 0 Å². The molecule has 0 aromatic heterocycles. The zero-order valence-electron chi connectivity index (χ0n) is 11.3. The van der Waals surface area contributed by atoms with Gasteiger partial charge in [-0.25, -0.2) is 0 Å². The summed E-state index contributed by atoms with van der Waals surface area (Å²) in [5, 5.41) is 0. The highest BCUT2D eigenvalue weighted by molar-refractivity contribution is 4.58. The van der Waals surface area contributed by atoms with Crippen molar-refractivity contribution in [1.82, 2.24) is 14.7 Å². The van der Waals surface area contributed by atoms with E-state index in [0.717, 1.165) is 13.3 Å². The zero-order chi connectivity index (χ0) is 12.1. The molecule has 17 heavy (non-hydrogen) atoms. The minimum atomic E-state index is 0. The van der Waals surface area contributed by atoms with E-state index in [1.807, 2.05) is 39.9 Å². The molecule has 0 bridgehead atoms. The van der Waals surface area contributed by atoms with Crippen LogP contribution in [0.2, 0.25) is 0 Å². The lowest BCUT2D eigenvalue weighted by molar-refractivity contribution is 0.0149. The maximum absolute atomic E-state index is 4.50. The third kappa shape index (κ3) is 49.4. The van der Waals surface area contributed by atoms with E-state index < -0.39 is 0 Å². The van der Waals surface area contributed by atoms with Crippen LogP contribution < -0.4 is 5.73 Å². The highest BCUT2D eigenvalue weighted by Crippen LogP contribution is 1.98. The van der Waals surface area contributed by atoms with Crippen LogP contribution in [0.5, 0.6) is 0 Å². The van der Waals surface area contributed by atoms with Gasteiger partial charge in [0.05, 0.1) is 13.3 Å². The lowest BCUT2D eigenvalue weighted by Gasteiger charge is -2.36. The number of nitrogens with zero attached hydrogens (tertiary/aromatic N) is 3. The molecule has 0 amide bonds. The van der Waals surface area contributed by atoms with Gasteiger partial charge in [-0.3, -0.25) is 9.80 Å². The molecule has 0 aromatic rings. The Bertz CT molecular complexity index is 72.7. The molecule has 4 nitrogen and oxygen atoms in total. The van der Waals surface area contributed by atoms with Crippen molar-refractivity contribution in [3.05, 3.63) is 0 Å². The Balaban J connectivity index is -0.0000000250. The molecule has 114 valence electrons. The second-order valence-corrected chi connectivity index (χ2v) is 3.34. The molecule has 0 unspecified atom stereocenters. The number of hydrogen-bond acceptors (Lipinski definition) is 4. The van der Waals surface area contributed by atoms with E-state index in [9.17, 15) is 0 Å². The molecule has 1 heterocycles. The number of nitrogens with two attached hydrogens (primary N) is 1. The number of hydrogen-bond donors (Lipinski definition) is 1. The van der Waals surface area contributed by atoms with Gasteiger partial charge in [-0.1, -0.05) is 36.1 Å². The standard InChI is InChI=1S/C4H10N2.C3H9N.C2H6.CH5N.3CH4/c1-5-3-6(2)4-5;1-4(2)3;2*1-2;;;/h3-4H2,1-2H3;1-3H3;1-2H3;2H2,1H3;3*1H4. The van der Waals surface area contributed by atoms with Crippen LogP contribution in [-0.4, -0.2) is 70.3 Å². The van der Waals surface area contributed by atoms with Crippen molar-refractivity contribution in [2.45, 2.75) is 36.1 Å². The second kappa shape index (κ2) is 29.7. The van der Waals surface area contributed by atoms with E-state index in [1.165, 1.54) is 7.05 Å². The molecule has 1 aliphatic heterocycles. The maximum Gasteiger partial charge on any atom is 0.0523 e. The van der Waals surface area contributed by atoms with Crippen LogP contribution in [0.3, 0.4) is 0 Å². The smallest absolute Gasteiger partial charge is 0.0523 e. The normalized spacial score (nSPS) is 12.4. The highest BCUT2D eigenvalue weighted by atomic mass is 15.5.